The van der Waals surface area contributed by atoms with Gasteiger partial charge in [-0.25, -0.2) is 0 Å². The van der Waals surface area contributed by atoms with E-state index in [2.05, 4.69) is 29.9 Å². The fourth-order valence-electron chi connectivity index (χ4n) is 2.43. The Kier molecular flexibility index (Phi) is 6.29. The van der Waals surface area contributed by atoms with Crippen LogP contribution in [-0.2, 0) is 4.79 Å². The Balaban J connectivity index is 3.01. The lowest BCUT2D eigenvalue weighted by Crippen LogP contribution is -2.43. The van der Waals surface area contributed by atoms with Crippen LogP contribution < -0.4 is 0 Å². The van der Waals surface area contributed by atoms with Crippen LogP contribution >= 0.6 is 0 Å². The summed E-state index contributed by atoms with van der Waals surface area (Å²) in [5, 5.41) is 0. The molecule has 1 unspecified atom stereocenters. The maximum Gasteiger partial charge on any atom is 0.156 e. The zero-order valence-corrected chi connectivity index (χ0v) is 12.9. The van der Waals surface area contributed by atoms with E-state index in [1.54, 1.807) is 13.0 Å². The summed E-state index contributed by atoms with van der Waals surface area (Å²) in [7, 11) is 0. The normalized spacial score (nSPS) is 20.6. The molecule has 0 N–H and O–H groups in total. The summed E-state index contributed by atoms with van der Waals surface area (Å²) in [5.41, 5.74) is 1.88. The summed E-state index contributed by atoms with van der Waals surface area (Å²) >= 11 is 0. The minimum atomic E-state index is 0.109. The van der Waals surface area contributed by atoms with E-state index >= 15 is 0 Å². The van der Waals surface area contributed by atoms with Gasteiger partial charge in [0.1, 0.15) is 0 Å². The molecule has 0 aromatic rings. The molecule has 0 aromatic heterocycles. The molecule has 3 heteroatoms. The van der Waals surface area contributed by atoms with Crippen LogP contribution in [0.4, 0.5) is 0 Å². The standard InChI is InChI=1S/C17H26N2O/c1-6-9-15(4)19(12-14(3)16(5)20)17-10-8-11-18(7-2)13-17/h6-7,9,12,17H,1-2,8,10-11,13H2,3-5H3/b14-12+,15-9-. The molecule has 1 saturated heterocycles. The molecule has 0 saturated carbocycles. The summed E-state index contributed by atoms with van der Waals surface area (Å²) in [4.78, 5) is 15.9. The highest BCUT2D eigenvalue weighted by Crippen LogP contribution is 2.21. The number of rotatable bonds is 6. The average molecular weight is 274 g/mol. The summed E-state index contributed by atoms with van der Waals surface area (Å²) in [6.07, 6.45) is 9.90. The van der Waals surface area contributed by atoms with Gasteiger partial charge in [-0.1, -0.05) is 19.2 Å². The van der Waals surface area contributed by atoms with Gasteiger partial charge in [0.2, 0.25) is 0 Å². The number of Topliss-reactive ketones (excluding diaryl/α,β-unsaturated/α-hetero) is 1. The maximum atomic E-state index is 11.5. The molecule has 1 rings (SSSR count). The van der Waals surface area contributed by atoms with E-state index in [4.69, 9.17) is 0 Å². The van der Waals surface area contributed by atoms with E-state index in [0.717, 1.165) is 37.2 Å². The fourth-order valence-corrected chi connectivity index (χ4v) is 2.43. The zero-order valence-electron chi connectivity index (χ0n) is 12.9. The van der Waals surface area contributed by atoms with Crippen LogP contribution in [0.5, 0.6) is 0 Å². The van der Waals surface area contributed by atoms with Gasteiger partial charge in [-0.05, 0) is 45.9 Å². The average Bonchev–Trinajstić information content (AvgIpc) is 2.44. The number of piperidine rings is 1. The van der Waals surface area contributed by atoms with Crippen molar-refractivity contribution < 1.29 is 4.79 Å². The van der Waals surface area contributed by atoms with Crippen LogP contribution in [0.15, 0.2) is 49.0 Å². The predicted molar refractivity (Wildman–Crippen MR) is 85.0 cm³/mol. The topological polar surface area (TPSA) is 23.6 Å². The molecule has 1 heterocycles. The first kappa shape index (κ1) is 16.3. The van der Waals surface area contributed by atoms with Crippen molar-refractivity contribution in [2.75, 3.05) is 13.1 Å². The summed E-state index contributed by atoms with van der Waals surface area (Å²) < 4.78 is 0. The molecule has 0 aliphatic carbocycles. The van der Waals surface area contributed by atoms with Crippen molar-refractivity contribution in [2.24, 2.45) is 0 Å². The van der Waals surface area contributed by atoms with E-state index < -0.39 is 0 Å². The molecule has 0 radical (unpaired) electrons. The smallest absolute Gasteiger partial charge is 0.156 e. The zero-order chi connectivity index (χ0) is 15.1. The molecule has 0 amide bonds. The molecule has 0 bridgehead atoms. The van der Waals surface area contributed by atoms with Gasteiger partial charge in [-0.15, -0.1) is 0 Å². The highest BCUT2D eigenvalue weighted by Gasteiger charge is 2.23. The molecule has 0 spiro atoms. The lowest BCUT2D eigenvalue weighted by Gasteiger charge is -2.39. The molecule has 1 atom stereocenters. The van der Waals surface area contributed by atoms with Gasteiger partial charge in [0, 0.05) is 30.6 Å². The van der Waals surface area contributed by atoms with Crippen molar-refractivity contribution in [1.29, 1.82) is 0 Å². The van der Waals surface area contributed by atoms with E-state index in [1.165, 1.54) is 0 Å². The van der Waals surface area contributed by atoms with Gasteiger partial charge in [0.15, 0.2) is 5.78 Å². The SMILES string of the molecule is C=C/C=C(/C)N(/C=C(\C)C(C)=O)C1CCCN(C=C)C1. The van der Waals surface area contributed by atoms with Crippen molar-refractivity contribution in [3.8, 4) is 0 Å². The fraction of sp³-hybridized carbons (Fsp3) is 0.471. The van der Waals surface area contributed by atoms with Gasteiger partial charge in [-0.3, -0.25) is 4.79 Å². The number of carbonyl (C=O) groups excluding carboxylic acids is 1. The van der Waals surface area contributed by atoms with Gasteiger partial charge < -0.3 is 9.80 Å². The molecule has 110 valence electrons. The maximum absolute atomic E-state index is 11.5. The number of hydrogen-bond acceptors (Lipinski definition) is 3. The second-order valence-corrected chi connectivity index (χ2v) is 5.29. The predicted octanol–water partition coefficient (Wildman–Crippen LogP) is 3.48. The molecular formula is C17H26N2O. The van der Waals surface area contributed by atoms with Crippen molar-refractivity contribution in [1.82, 2.24) is 9.80 Å². The Morgan fingerprint density at radius 2 is 2.00 bits per heavy atom. The molecule has 0 aromatic carbocycles. The minimum Gasteiger partial charge on any atom is -0.376 e. The molecule has 1 aliphatic heterocycles. The molecule has 1 fully saturated rings. The van der Waals surface area contributed by atoms with Crippen molar-refractivity contribution >= 4 is 5.78 Å². The van der Waals surface area contributed by atoms with Gasteiger partial charge in [0.25, 0.3) is 0 Å². The number of likely N-dealkylation sites (tertiary alicyclic amines) is 1. The van der Waals surface area contributed by atoms with Gasteiger partial charge in [-0.2, -0.15) is 0 Å². The Bertz CT molecular complexity index is 434. The Hall–Kier alpha value is -1.77. The summed E-state index contributed by atoms with van der Waals surface area (Å²) in [5.74, 6) is 0.109. The molecule has 20 heavy (non-hydrogen) atoms. The van der Waals surface area contributed by atoms with E-state index in [0.29, 0.717) is 6.04 Å². The van der Waals surface area contributed by atoms with Crippen molar-refractivity contribution in [3.63, 3.8) is 0 Å². The molecular weight excluding hydrogens is 248 g/mol. The number of ketones is 1. The first-order chi connectivity index (χ1) is 9.49. The van der Waals surface area contributed by atoms with Crippen LogP contribution in [0, 0.1) is 0 Å². The second kappa shape index (κ2) is 7.73. The summed E-state index contributed by atoms with van der Waals surface area (Å²) in [6.45, 7) is 15.1. The van der Waals surface area contributed by atoms with Crippen LogP contribution in [0.3, 0.4) is 0 Å². The van der Waals surface area contributed by atoms with E-state index in [-0.39, 0.29) is 5.78 Å². The number of carbonyl (C=O) groups is 1. The Morgan fingerprint density at radius 3 is 2.55 bits per heavy atom. The van der Waals surface area contributed by atoms with Crippen LogP contribution in [0.2, 0.25) is 0 Å². The monoisotopic (exact) mass is 274 g/mol. The number of hydrogen-bond donors (Lipinski definition) is 0. The first-order valence-corrected chi connectivity index (χ1v) is 7.13. The number of nitrogens with zero attached hydrogens (tertiary/aromatic N) is 2. The van der Waals surface area contributed by atoms with Crippen LogP contribution in [0.1, 0.15) is 33.6 Å². The van der Waals surface area contributed by atoms with Gasteiger partial charge in [0.05, 0.1) is 6.04 Å². The van der Waals surface area contributed by atoms with Crippen molar-refractivity contribution in [2.45, 2.75) is 39.7 Å². The minimum absolute atomic E-state index is 0.109. The summed E-state index contributed by atoms with van der Waals surface area (Å²) in [6, 6.07) is 0.368. The molecule has 3 nitrogen and oxygen atoms in total. The number of allylic oxidation sites excluding steroid dienone is 4. The highest BCUT2D eigenvalue weighted by molar-refractivity contribution is 5.92. The lowest BCUT2D eigenvalue weighted by molar-refractivity contribution is -0.113. The van der Waals surface area contributed by atoms with Crippen LogP contribution in [0.25, 0.3) is 0 Å². The largest absolute Gasteiger partial charge is 0.376 e. The Morgan fingerprint density at radius 1 is 1.30 bits per heavy atom. The third-order valence-electron chi connectivity index (χ3n) is 3.73. The lowest BCUT2D eigenvalue weighted by atomic mass is 10.0. The van der Waals surface area contributed by atoms with E-state index in [1.807, 2.05) is 25.4 Å². The Labute approximate surface area is 122 Å². The van der Waals surface area contributed by atoms with Crippen LogP contribution in [-0.4, -0.2) is 34.7 Å². The third-order valence-corrected chi connectivity index (χ3v) is 3.73. The molecule has 1 aliphatic rings. The second-order valence-electron chi connectivity index (χ2n) is 5.29. The van der Waals surface area contributed by atoms with Crippen molar-refractivity contribution in [3.05, 3.63) is 49.0 Å². The van der Waals surface area contributed by atoms with Gasteiger partial charge >= 0.3 is 0 Å². The van der Waals surface area contributed by atoms with E-state index in [9.17, 15) is 4.79 Å². The quantitative estimate of drug-likeness (QED) is 0.547. The third kappa shape index (κ3) is 4.41. The highest BCUT2D eigenvalue weighted by atomic mass is 16.1. The first-order valence-electron chi connectivity index (χ1n) is 7.13.